The minimum Gasteiger partial charge on any atom is -0.366 e. The average Bonchev–Trinajstić information content (AvgIpc) is 2.69. The van der Waals surface area contributed by atoms with Gasteiger partial charge in [-0.3, -0.25) is 14.8 Å². The summed E-state index contributed by atoms with van der Waals surface area (Å²) < 4.78 is 0.922. The molecule has 0 spiro atoms. The molecule has 1 amide bonds. The number of halogens is 1. The molecule has 0 bridgehead atoms. The molecule has 1 fully saturated rings. The van der Waals surface area contributed by atoms with Crippen molar-refractivity contribution in [2.45, 2.75) is 13.3 Å². The van der Waals surface area contributed by atoms with Crippen LogP contribution in [0.1, 0.15) is 11.1 Å². The van der Waals surface area contributed by atoms with E-state index < -0.39 is 0 Å². The third-order valence-corrected chi connectivity index (χ3v) is 5.53. The first kappa shape index (κ1) is 17.9. The van der Waals surface area contributed by atoms with E-state index in [9.17, 15) is 4.79 Å². The van der Waals surface area contributed by atoms with Gasteiger partial charge in [-0.15, -0.1) is 0 Å². The van der Waals surface area contributed by atoms with Gasteiger partial charge in [0.1, 0.15) is 5.52 Å². The largest absolute Gasteiger partial charge is 0.366 e. The van der Waals surface area contributed by atoms with Crippen LogP contribution >= 0.6 is 15.9 Å². The van der Waals surface area contributed by atoms with Crippen LogP contribution in [0.15, 0.2) is 53.3 Å². The Hall–Kier alpha value is -2.47. The SMILES string of the molecule is Cc1ccccc1CC(=O)N1CCN(c2ccnc3cc(Br)cnc23)CC1. The number of nitrogens with zero attached hydrogens (tertiary/aromatic N) is 4. The van der Waals surface area contributed by atoms with E-state index >= 15 is 0 Å². The number of amides is 1. The first-order valence-electron chi connectivity index (χ1n) is 9.09. The Bertz CT molecular complexity index is 983. The number of carbonyl (C=O) groups is 1. The molecule has 2 aromatic heterocycles. The van der Waals surface area contributed by atoms with Gasteiger partial charge in [0.05, 0.1) is 17.6 Å². The summed E-state index contributed by atoms with van der Waals surface area (Å²) in [6, 6.07) is 12.1. The number of anilines is 1. The molecule has 0 N–H and O–H groups in total. The maximum absolute atomic E-state index is 12.7. The number of aromatic nitrogens is 2. The second-order valence-electron chi connectivity index (χ2n) is 6.82. The van der Waals surface area contributed by atoms with Crippen molar-refractivity contribution < 1.29 is 4.79 Å². The molecule has 1 aliphatic heterocycles. The van der Waals surface area contributed by atoms with Gasteiger partial charge in [0.2, 0.25) is 5.91 Å². The first-order valence-corrected chi connectivity index (χ1v) is 9.88. The minimum atomic E-state index is 0.200. The number of pyridine rings is 2. The molecule has 0 unspecified atom stereocenters. The summed E-state index contributed by atoms with van der Waals surface area (Å²) in [7, 11) is 0. The van der Waals surface area contributed by atoms with E-state index in [1.807, 2.05) is 41.4 Å². The molecule has 1 aromatic carbocycles. The molecular formula is C21H21BrN4O. The smallest absolute Gasteiger partial charge is 0.227 e. The van der Waals surface area contributed by atoms with Crippen LogP contribution in [0.3, 0.4) is 0 Å². The highest BCUT2D eigenvalue weighted by Crippen LogP contribution is 2.26. The van der Waals surface area contributed by atoms with Gasteiger partial charge in [-0.1, -0.05) is 24.3 Å². The molecule has 5 nitrogen and oxygen atoms in total. The fourth-order valence-corrected chi connectivity index (χ4v) is 3.85. The van der Waals surface area contributed by atoms with E-state index in [1.54, 1.807) is 6.20 Å². The molecule has 0 atom stereocenters. The molecule has 4 rings (SSSR count). The zero-order chi connectivity index (χ0) is 18.8. The Morgan fingerprint density at radius 3 is 2.67 bits per heavy atom. The Labute approximate surface area is 167 Å². The third-order valence-electron chi connectivity index (χ3n) is 5.10. The van der Waals surface area contributed by atoms with Gasteiger partial charge < -0.3 is 9.80 Å². The van der Waals surface area contributed by atoms with Crippen LogP contribution in [0.2, 0.25) is 0 Å². The Morgan fingerprint density at radius 1 is 1.11 bits per heavy atom. The molecule has 6 heteroatoms. The summed E-state index contributed by atoms with van der Waals surface area (Å²) in [5, 5.41) is 0. The number of hydrogen-bond donors (Lipinski definition) is 0. The lowest BCUT2D eigenvalue weighted by Crippen LogP contribution is -2.49. The fourth-order valence-electron chi connectivity index (χ4n) is 3.53. The van der Waals surface area contributed by atoms with E-state index in [-0.39, 0.29) is 5.91 Å². The van der Waals surface area contributed by atoms with Crippen molar-refractivity contribution in [1.82, 2.24) is 14.9 Å². The molecule has 138 valence electrons. The third kappa shape index (κ3) is 3.81. The highest BCUT2D eigenvalue weighted by atomic mass is 79.9. The van der Waals surface area contributed by atoms with Gasteiger partial charge in [-0.25, -0.2) is 0 Å². The van der Waals surface area contributed by atoms with Crippen molar-refractivity contribution in [3.05, 3.63) is 64.4 Å². The number of carbonyl (C=O) groups excluding carboxylic acids is 1. The number of fused-ring (bicyclic) bond motifs is 1. The predicted octanol–water partition coefficient (Wildman–Crippen LogP) is 3.59. The monoisotopic (exact) mass is 424 g/mol. The highest BCUT2D eigenvalue weighted by molar-refractivity contribution is 9.10. The summed E-state index contributed by atoms with van der Waals surface area (Å²) in [6.45, 7) is 5.11. The molecule has 27 heavy (non-hydrogen) atoms. The first-order chi connectivity index (χ1) is 13.1. The topological polar surface area (TPSA) is 49.3 Å². The molecule has 1 saturated heterocycles. The predicted molar refractivity (Wildman–Crippen MR) is 111 cm³/mol. The summed E-state index contributed by atoms with van der Waals surface area (Å²) in [6.07, 6.45) is 4.09. The van der Waals surface area contributed by atoms with Crippen molar-refractivity contribution in [1.29, 1.82) is 0 Å². The fraction of sp³-hybridized carbons (Fsp3) is 0.286. The van der Waals surface area contributed by atoms with Crippen LogP contribution in [-0.4, -0.2) is 47.0 Å². The Kier molecular flexibility index (Phi) is 5.07. The molecule has 1 aliphatic rings. The van der Waals surface area contributed by atoms with Crippen LogP contribution in [0.4, 0.5) is 5.69 Å². The second-order valence-corrected chi connectivity index (χ2v) is 7.74. The standard InChI is InChI=1S/C21H21BrN4O/c1-15-4-2-3-5-16(15)12-20(27)26-10-8-25(9-11-26)19-6-7-23-18-13-17(22)14-24-21(18)19/h2-7,13-14H,8-12H2,1H3. The lowest BCUT2D eigenvalue weighted by atomic mass is 10.1. The molecule has 3 aromatic rings. The number of rotatable bonds is 3. The highest BCUT2D eigenvalue weighted by Gasteiger charge is 2.23. The van der Waals surface area contributed by atoms with E-state index in [2.05, 4.69) is 43.8 Å². The molecule has 0 radical (unpaired) electrons. The maximum Gasteiger partial charge on any atom is 0.227 e. The number of benzene rings is 1. The average molecular weight is 425 g/mol. The number of aryl methyl sites for hydroxylation is 1. The zero-order valence-corrected chi connectivity index (χ0v) is 16.8. The van der Waals surface area contributed by atoms with Gasteiger partial charge in [0, 0.05) is 43.0 Å². The van der Waals surface area contributed by atoms with Crippen LogP contribution in [0.5, 0.6) is 0 Å². The van der Waals surface area contributed by atoms with E-state index in [0.29, 0.717) is 6.42 Å². The summed E-state index contributed by atoms with van der Waals surface area (Å²) in [5.74, 6) is 0.200. The van der Waals surface area contributed by atoms with Gasteiger partial charge >= 0.3 is 0 Å². The molecule has 0 aliphatic carbocycles. The number of hydrogen-bond acceptors (Lipinski definition) is 4. The van der Waals surface area contributed by atoms with Crippen LogP contribution < -0.4 is 4.90 Å². The van der Waals surface area contributed by atoms with Crippen molar-refractivity contribution in [2.24, 2.45) is 0 Å². The quantitative estimate of drug-likeness (QED) is 0.644. The van der Waals surface area contributed by atoms with Crippen molar-refractivity contribution >= 4 is 38.6 Å². The maximum atomic E-state index is 12.7. The zero-order valence-electron chi connectivity index (χ0n) is 15.2. The Morgan fingerprint density at radius 2 is 1.89 bits per heavy atom. The van der Waals surface area contributed by atoms with Gasteiger partial charge in [-0.05, 0) is 46.1 Å². The lowest BCUT2D eigenvalue weighted by Gasteiger charge is -2.36. The molecule has 0 saturated carbocycles. The molecule has 3 heterocycles. The van der Waals surface area contributed by atoms with Crippen molar-refractivity contribution in [3.63, 3.8) is 0 Å². The van der Waals surface area contributed by atoms with Crippen LogP contribution in [0, 0.1) is 6.92 Å². The van der Waals surface area contributed by atoms with Crippen LogP contribution in [-0.2, 0) is 11.2 Å². The van der Waals surface area contributed by atoms with Gasteiger partial charge in [-0.2, -0.15) is 0 Å². The second kappa shape index (κ2) is 7.64. The van der Waals surface area contributed by atoms with Gasteiger partial charge in [0.15, 0.2) is 0 Å². The summed E-state index contributed by atoms with van der Waals surface area (Å²) in [5.41, 5.74) is 5.14. The normalized spacial score (nSPS) is 14.6. The van der Waals surface area contributed by atoms with Crippen molar-refractivity contribution in [2.75, 3.05) is 31.1 Å². The number of piperazine rings is 1. The summed E-state index contributed by atoms with van der Waals surface area (Å²) >= 11 is 3.45. The minimum absolute atomic E-state index is 0.200. The Balaban J connectivity index is 1.45. The van der Waals surface area contributed by atoms with E-state index in [4.69, 9.17) is 0 Å². The van der Waals surface area contributed by atoms with Crippen molar-refractivity contribution in [3.8, 4) is 0 Å². The summed E-state index contributed by atoms with van der Waals surface area (Å²) in [4.78, 5) is 25.9. The van der Waals surface area contributed by atoms with E-state index in [1.165, 1.54) is 5.56 Å². The van der Waals surface area contributed by atoms with Crippen LogP contribution in [0.25, 0.3) is 11.0 Å². The van der Waals surface area contributed by atoms with Gasteiger partial charge in [0.25, 0.3) is 0 Å². The van der Waals surface area contributed by atoms with E-state index in [0.717, 1.165) is 52.9 Å². The lowest BCUT2D eigenvalue weighted by molar-refractivity contribution is -0.130. The molecular weight excluding hydrogens is 404 g/mol.